The summed E-state index contributed by atoms with van der Waals surface area (Å²) in [5.74, 6) is 2.54. The summed E-state index contributed by atoms with van der Waals surface area (Å²) in [6.07, 6.45) is 0.845. The Morgan fingerprint density at radius 2 is 1.29 bits per heavy atom. The van der Waals surface area contributed by atoms with Gasteiger partial charge in [-0.1, -0.05) is 13.8 Å². The van der Waals surface area contributed by atoms with Gasteiger partial charge < -0.3 is 25.0 Å². The SMILES string of the molecule is CCSCCCS(=O)(=O)O.CC[S-].O=S(=O)(O)CCCCl.[Cl-].[Na+].[Na+]. The van der Waals surface area contributed by atoms with Gasteiger partial charge in [0.05, 0.1) is 11.5 Å². The molecule has 14 heteroatoms. The van der Waals surface area contributed by atoms with Gasteiger partial charge in [0.2, 0.25) is 0 Å². The van der Waals surface area contributed by atoms with Crippen molar-refractivity contribution in [1.29, 1.82) is 0 Å². The van der Waals surface area contributed by atoms with E-state index >= 15 is 0 Å². The van der Waals surface area contributed by atoms with Gasteiger partial charge >= 0.3 is 59.1 Å². The maximum absolute atomic E-state index is 10.1. The van der Waals surface area contributed by atoms with Gasteiger partial charge in [-0.3, -0.25) is 9.11 Å². The van der Waals surface area contributed by atoms with Gasteiger partial charge in [-0.15, -0.1) is 11.6 Å². The summed E-state index contributed by atoms with van der Waals surface area (Å²) in [6.45, 7) is 3.95. The second-order valence-corrected chi connectivity index (χ2v) is 8.95. The number of alkyl halides is 1. The summed E-state index contributed by atoms with van der Waals surface area (Å²) in [5.41, 5.74) is 0. The Morgan fingerprint density at radius 1 is 0.958 bits per heavy atom. The second kappa shape index (κ2) is 28.3. The Balaban J connectivity index is -0.0000000529. The molecule has 0 atom stereocenters. The molecule has 6 nitrogen and oxygen atoms in total. The van der Waals surface area contributed by atoms with E-state index in [1.165, 1.54) is 0 Å². The molecule has 0 aromatic rings. The molecule has 0 heterocycles. The van der Waals surface area contributed by atoms with E-state index < -0.39 is 20.2 Å². The van der Waals surface area contributed by atoms with Crippen LogP contribution in [0.2, 0.25) is 0 Å². The molecule has 0 aliphatic rings. The van der Waals surface area contributed by atoms with Crippen LogP contribution in [0, 0.1) is 0 Å². The van der Waals surface area contributed by atoms with Crippen LogP contribution in [0.5, 0.6) is 0 Å². The molecule has 0 aliphatic carbocycles. The summed E-state index contributed by atoms with van der Waals surface area (Å²) in [5, 5.41) is 0. The van der Waals surface area contributed by atoms with E-state index in [9.17, 15) is 16.8 Å². The molecule has 0 bridgehead atoms. The Morgan fingerprint density at radius 3 is 1.50 bits per heavy atom. The van der Waals surface area contributed by atoms with E-state index in [0.29, 0.717) is 12.8 Å². The summed E-state index contributed by atoms with van der Waals surface area (Å²) in [4.78, 5) is 0. The smallest absolute Gasteiger partial charge is 1.00 e. The third kappa shape index (κ3) is 63.9. The summed E-state index contributed by atoms with van der Waals surface area (Å²) >= 11 is 11.2. The molecule has 0 fully saturated rings. The molecule has 0 amide bonds. The van der Waals surface area contributed by atoms with Crippen LogP contribution in [0.15, 0.2) is 0 Å². The van der Waals surface area contributed by atoms with Gasteiger partial charge in [-0.25, -0.2) is 0 Å². The van der Waals surface area contributed by atoms with E-state index in [2.05, 4.69) is 12.6 Å². The molecule has 24 heavy (non-hydrogen) atoms. The molecule has 0 saturated heterocycles. The molecular formula is C10H24Cl2Na2O6S4. The van der Waals surface area contributed by atoms with Crippen LogP contribution in [0.4, 0.5) is 0 Å². The van der Waals surface area contributed by atoms with Crippen LogP contribution >= 0.6 is 23.4 Å². The van der Waals surface area contributed by atoms with Gasteiger partial charge in [-0.05, 0) is 24.3 Å². The van der Waals surface area contributed by atoms with E-state index in [1.807, 2.05) is 13.8 Å². The monoisotopic (exact) mass is 484 g/mol. The van der Waals surface area contributed by atoms with Crippen molar-refractivity contribution < 1.29 is 97.5 Å². The molecular weight excluding hydrogens is 461 g/mol. The minimum absolute atomic E-state index is 0. The third-order valence-corrected chi connectivity index (χ3v) is 4.29. The molecule has 0 aromatic heterocycles. The minimum atomic E-state index is -3.77. The first-order chi connectivity index (χ1) is 9.54. The Bertz CT molecular complexity index is 410. The summed E-state index contributed by atoms with van der Waals surface area (Å²) in [6, 6.07) is 0. The fourth-order valence-corrected chi connectivity index (χ4v) is 2.85. The first kappa shape index (κ1) is 41.5. The number of hydrogen-bond donors (Lipinski definition) is 2. The van der Waals surface area contributed by atoms with E-state index in [1.54, 1.807) is 11.8 Å². The van der Waals surface area contributed by atoms with Gasteiger partial charge in [-0.2, -0.15) is 34.4 Å². The fraction of sp³-hybridized carbons (Fsp3) is 1.00. The average Bonchev–Trinajstić information content (AvgIpc) is 2.32. The predicted molar refractivity (Wildman–Crippen MR) is 93.7 cm³/mol. The number of hydrogen-bond acceptors (Lipinski definition) is 6. The third-order valence-electron chi connectivity index (χ3n) is 1.43. The van der Waals surface area contributed by atoms with Crippen molar-refractivity contribution in [3.8, 4) is 0 Å². The zero-order chi connectivity index (χ0) is 17.4. The maximum atomic E-state index is 10.1. The molecule has 2 N–H and O–H groups in total. The number of rotatable bonds is 8. The zero-order valence-electron chi connectivity index (χ0n) is 14.6. The van der Waals surface area contributed by atoms with E-state index in [0.717, 1.165) is 17.3 Å². The van der Waals surface area contributed by atoms with Crippen LogP contribution in [0.25, 0.3) is 0 Å². The van der Waals surface area contributed by atoms with E-state index in [-0.39, 0.29) is 88.9 Å². The minimum Gasteiger partial charge on any atom is -1.00 e. The van der Waals surface area contributed by atoms with E-state index in [4.69, 9.17) is 20.7 Å². The largest absolute Gasteiger partial charge is 1.00 e. The van der Waals surface area contributed by atoms with Crippen molar-refractivity contribution in [3.63, 3.8) is 0 Å². The normalized spacial score (nSPS) is 9.58. The fourth-order valence-electron chi connectivity index (χ4n) is 0.725. The van der Waals surface area contributed by atoms with Gasteiger partial charge in [0.15, 0.2) is 0 Å². The van der Waals surface area contributed by atoms with Crippen molar-refractivity contribution in [2.45, 2.75) is 26.7 Å². The van der Waals surface area contributed by atoms with Crippen molar-refractivity contribution in [3.05, 3.63) is 0 Å². The molecule has 0 unspecified atom stereocenters. The quantitative estimate of drug-likeness (QED) is 0.115. The van der Waals surface area contributed by atoms with Crippen LogP contribution in [0.3, 0.4) is 0 Å². The molecule has 140 valence electrons. The average molecular weight is 485 g/mol. The number of halogens is 2. The molecule has 0 rings (SSSR count). The molecule has 0 aromatic carbocycles. The van der Waals surface area contributed by atoms with Gasteiger partial charge in [0.1, 0.15) is 0 Å². The molecule has 0 radical (unpaired) electrons. The number of thioether (sulfide) groups is 1. The topological polar surface area (TPSA) is 109 Å². The first-order valence-corrected chi connectivity index (χ1v) is 11.6. The van der Waals surface area contributed by atoms with Gasteiger partial charge in [0, 0.05) is 5.88 Å². The standard InChI is InChI=1S/C5H12O3S2.C3H7ClO3S.C2H6S.ClH.2Na/c1-2-9-4-3-5-10(6,7)8;4-2-1-3-8(5,6)7;1-2-3;;;/h2-5H2,1H3,(H,6,7,8);1-3H2,(H,5,6,7);3H,2H2,1H3;1H;;/q;;;;2*+1/p-2. The van der Waals surface area contributed by atoms with Crippen molar-refractivity contribution >= 4 is 56.2 Å². The van der Waals surface area contributed by atoms with Crippen molar-refractivity contribution in [1.82, 2.24) is 0 Å². The van der Waals surface area contributed by atoms with Crippen LogP contribution in [0.1, 0.15) is 26.7 Å². The zero-order valence-corrected chi connectivity index (χ0v) is 23.4. The predicted octanol–water partition coefficient (Wildman–Crippen LogP) is -6.91. The Hall–Kier alpha value is 3.10. The molecule has 0 aliphatic heterocycles. The van der Waals surface area contributed by atoms with Crippen LogP contribution < -0.4 is 71.5 Å². The maximum Gasteiger partial charge on any atom is 1.00 e. The van der Waals surface area contributed by atoms with Crippen molar-refractivity contribution in [2.75, 3.05) is 34.6 Å². The Kier molecular flexibility index (Phi) is 48.9. The van der Waals surface area contributed by atoms with Gasteiger partial charge in [0.25, 0.3) is 20.2 Å². The van der Waals surface area contributed by atoms with Crippen molar-refractivity contribution in [2.24, 2.45) is 0 Å². The molecule has 0 saturated carbocycles. The van der Waals surface area contributed by atoms with Crippen LogP contribution in [-0.2, 0) is 32.9 Å². The Labute approximate surface area is 212 Å². The first-order valence-electron chi connectivity index (χ1n) is 6.16. The van der Waals surface area contributed by atoms with Crippen LogP contribution in [-0.4, -0.2) is 60.6 Å². The summed E-state index contributed by atoms with van der Waals surface area (Å²) < 4.78 is 56.4. The summed E-state index contributed by atoms with van der Waals surface area (Å²) in [7, 11) is -7.49. The second-order valence-electron chi connectivity index (χ2n) is 3.45. The molecule has 0 spiro atoms.